The van der Waals surface area contributed by atoms with Crippen LogP contribution in [0.5, 0.6) is 5.75 Å². The number of carbonyl (C=O) groups excluding carboxylic acids is 2. The highest BCUT2D eigenvalue weighted by atomic mass is 16.5. The number of carbonyl (C=O) groups is 2. The fourth-order valence-corrected chi connectivity index (χ4v) is 2.28. The van der Waals surface area contributed by atoms with Crippen molar-refractivity contribution in [2.75, 3.05) is 11.9 Å². The monoisotopic (exact) mass is 340 g/mol. The van der Waals surface area contributed by atoms with E-state index in [2.05, 4.69) is 10.6 Å². The van der Waals surface area contributed by atoms with Crippen LogP contribution in [0.3, 0.4) is 0 Å². The number of rotatable bonds is 7. The van der Waals surface area contributed by atoms with E-state index < -0.39 is 0 Å². The van der Waals surface area contributed by atoms with Crippen molar-refractivity contribution in [2.45, 2.75) is 33.2 Å². The van der Waals surface area contributed by atoms with E-state index in [0.717, 1.165) is 6.42 Å². The van der Waals surface area contributed by atoms with Crippen LogP contribution in [0.2, 0.25) is 0 Å². The van der Waals surface area contributed by atoms with Gasteiger partial charge in [0.1, 0.15) is 5.75 Å². The molecular weight excluding hydrogens is 316 g/mol. The van der Waals surface area contributed by atoms with E-state index >= 15 is 0 Å². The second kappa shape index (κ2) is 8.87. The molecule has 25 heavy (non-hydrogen) atoms. The smallest absolute Gasteiger partial charge is 0.259 e. The van der Waals surface area contributed by atoms with Gasteiger partial charge in [0.05, 0.1) is 12.2 Å². The predicted molar refractivity (Wildman–Crippen MR) is 99.2 cm³/mol. The Morgan fingerprint density at radius 3 is 2.52 bits per heavy atom. The molecule has 0 aliphatic rings. The van der Waals surface area contributed by atoms with Crippen LogP contribution in [-0.4, -0.2) is 24.5 Å². The van der Waals surface area contributed by atoms with E-state index in [9.17, 15) is 9.59 Å². The third-order valence-electron chi connectivity index (χ3n) is 3.80. The van der Waals surface area contributed by atoms with Crippen LogP contribution < -0.4 is 15.4 Å². The highest BCUT2D eigenvalue weighted by molar-refractivity contribution is 6.06. The Morgan fingerprint density at radius 1 is 1.04 bits per heavy atom. The number of para-hydroxylation sites is 1. The quantitative estimate of drug-likeness (QED) is 0.804. The lowest BCUT2D eigenvalue weighted by atomic mass is 10.1. The molecule has 132 valence electrons. The summed E-state index contributed by atoms with van der Waals surface area (Å²) in [5, 5.41) is 5.73. The van der Waals surface area contributed by atoms with Crippen LogP contribution in [0.1, 0.15) is 47.9 Å². The van der Waals surface area contributed by atoms with Crippen molar-refractivity contribution < 1.29 is 14.3 Å². The second-order valence-electron chi connectivity index (χ2n) is 5.75. The normalized spacial score (nSPS) is 11.5. The molecule has 0 aliphatic carbocycles. The summed E-state index contributed by atoms with van der Waals surface area (Å²) in [5.41, 5.74) is 1.53. The highest BCUT2D eigenvalue weighted by Crippen LogP contribution is 2.20. The summed E-state index contributed by atoms with van der Waals surface area (Å²) in [6.07, 6.45) is 0.858. The van der Waals surface area contributed by atoms with Crippen molar-refractivity contribution in [1.29, 1.82) is 0 Å². The van der Waals surface area contributed by atoms with Gasteiger partial charge in [0.25, 0.3) is 11.8 Å². The SMILES string of the molecule is CCOc1ccccc1C(=O)Nc1cccc(C(=O)N[C@H](C)CC)c1. The number of hydrogen-bond acceptors (Lipinski definition) is 3. The molecule has 5 nitrogen and oxygen atoms in total. The van der Waals surface area contributed by atoms with Gasteiger partial charge in [-0.2, -0.15) is 0 Å². The summed E-state index contributed by atoms with van der Waals surface area (Å²) in [6, 6.07) is 14.1. The van der Waals surface area contributed by atoms with Crippen LogP contribution in [0.25, 0.3) is 0 Å². The highest BCUT2D eigenvalue weighted by Gasteiger charge is 2.14. The first kappa shape index (κ1) is 18.5. The van der Waals surface area contributed by atoms with Crippen molar-refractivity contribution in [3.05, 3.63) is 59.7 Å². The van der Waals surface area contributed by atoms with Crippen molar-refractivity contribution in [3.8, 4) is 5.75 Å². The Labute approximate surface area is 148 Å². The van der Waals surface area contributed by atoms with Gasteiger partial charge in [-0.15, -0.1) is 0 Å². The molecule has 0 unspecified atom stereocenters. The minimum absolute atomic E-state index is 0.101. The molecule has 0 aliphatic heterocycles. The van der Waals surface area contributed by atoms with Gasteiger partial charge in [-0.3, -0.25) is 9.59 Å². The van der Waals surface area contributed by atoms with E-state index in [-0.39, 0.29) is 17.9 Å². The molecule has 1 atom stereocenters. The van der Waals surface area contributed by atoms with Crippen LogP contribution in [-0.2, 0) is 0 Å². The van der Waals surface area contributed by atoms with Crippen molar-refractivity contribution in [3.63, 3.8) is 0 Å². The van der Waals surface area contributed by atoms with Crippen molar-refractivity contribution in [2.24, 2.45) is 0 Å². The molecule has 5 heteroatoms. The Morgan fingerprint density at radius 2 is 1.80 bits per heavy atom. The Bertz CT molecular complexity index is 743. The zero-order valence-electron chi connectivity index (χ0n) is 14.8. The minimum atomic E-state index is -0.275. The lowest BCUT2D eigenvalue weighted by molar-refractivity contribution is 0.0938. The summed E-state index contributed by atoms with van der Waals surface area (Å²) in [4.78, 5) is 24.7. The largest absolute Gasteiger partial charge is 0.493 e. The standard InChI is InChI=1S/C20H24N2O3/c1-4-14(3)21-19(23)15-9-8-10-16(13-15)22-20(24)17-11-6-7-12-18(17)25-5-2/h6-14H,4-5H2,1-3H3,(H,21,23)(H,22,24)/t14-/m1/s1. The molecule has 2 amide bonds. The average Bonchev–Trinajstić information content (AvgIpc) is 2.62. The van der Waals surface area contributed by atoms with Crippen LogP contribution in [0.15, 0.2) is 48.5 Å². The maximum absolute atomic E-state index is 12.5. The van der Waals surface area contributed by atoms with E-state index in [1.165, 1.54) is 0 Å². The summed E-state index contributed by atoms with van der Waals surface area (Å²) < 4.78 is 5.49. The molecular formula is C20H24N2O3. The summed E-state index contributed by atoms with van der Waals surface area (Å²) in [7, 11) is 0. The lowest BCUT2D eigenvalue weighted by Crippen LogP contribution is -2.31. The minimum Gasteiger partial charge on any atom is -0.493 e. The number of anilines is 1. The fraction of sp³-hybridized carbons (Fsp3) is 0.300. The molecule has 2 N–H and O–H groups in total. The second-order valence-corrected chi connectivity index (χ2v) is 5.75. The van der Waals surface area contributed by atoms with Gasteiger partial charge in [0.2, 0.25) is 0 Å². The maximum atomic E-state index is 12.5. The molecule has 2 aromatic rings. The van der Waals surface area contributed by atoms with Gasteiger partial charge in [-0.05, 0) is 50.6 Å². The average molecular weight is 340 g/mol. The van der Waals surface area contributed by atoms with Crippen LogP contribution in [0.4, 0.5) is 5.69 Å². The van der Waals surface area contributed by atoms with Gasteiger partial charge < -0.3 is 15.4 Å². The van der Waals surface area contributed by atoms with Gasteiger partial charge in [-0.25, -0.2) is 0 Å². The molecule has 0 saturated heterocycles. The lowest BCUT2D eigenvalue weighted by Gasteiger charge is -2.13. The molecule has 0 heterocycles. The Kier molecular flexibility index (Phi) is 6.57. The summed E-state index contributed by atoms with van der Waals surface area (Å²) >= 11 is 0. The van der Waals surface area contributed by atoms with Crippen LogP contribution >= 0.6 is 0 Å². The molecule has 0 saturated carbocycles. The van der Waals surface area contributed by atoms with Gasteiger partial charge in [-0.1, -0.05) is 25.1 Å². The number of amides is 2. The zero-order chi connectivity index (χ0) is 18.2. The van der Waals surface area contributed by atoms with Gasteiger partial charge >= 0.3 is 0 Å². The summed E-state index contributed by atoms with van der Waals surface area (Å²) in [5.74, 6) is 0.108. The van der Waals surface area contributed by atoms with Crippen LogP contribution in [0, 0.1) is 0 Å². The van der Waals surface area contributed by atoms with E-state index in [1.54, 1.807) is 42.5 Å². The van der Waals surface area contributed by atoms with E-state index in [4.69, 9.17) is 4.74 Å². The molecule has 2 aromatic carbocycles. The first-order valence-corrected chi connectivity index (χ1v) is 8.49. The molecule has 0 bridgehead atoms. The van der Waals surface area contributed by atoms with E-state index in [0.29, 0.717) is 29.2 Å². The number of ether oxygens (including phenoxy) is 1. The molecule has 0 aromatic heterocycles. The summed E-state index contributed by atoms with van der Waals surface area (Å²) in [6.45, 7) is 6.31. The topological polar surface area (TPSA) is 67.4 Å². The van der Waals surface area contributed by atoms with Gasteiger partial charge in [0.15, 0.2) is 0 Å². The first-order valence-electron chi connectivity index (χ1n) is 8.49. The first-order chi connectivity index (χ1) is 12.0. The molecule has 0 spiro atoms. The predicted octanol–water partition coefficient (Wildman–Crippen LogP) is 3.87. The van der Waals surface area contributed by atoms with Crippen molar-refractivity contribution in [1.82, 2.24) is 5.32 Å². The number of benzene rings is 2. The zero-order valence-corrected chi connectivity index (χ0v) is 14.8. The molecule has 2 rings (SSSR count). The van der Waals surface area contributed by atoms with Gasteiger partial charge in [0, 0.05) is 17.3 Å². The molecule has 0 radical (unpaired) electrons. The molecule has 0 fully saturated rings. The maximum Gasteiger partial charge on any atom is 0.259 e. The third kappa shape index (κ3) is 5.08. The van der Waals surface area contributed by atoms with E-state index in [1.807, 2.05) is 26.8 Å². The third-order valence-corrected chi connectivity index (χ3v) is 3.80. The number of hydrogen-bond donors (Lipinski definition) is 2. The van der Waals surface area contributed by atoms with Crippen molar-refractivity contribution >= 4 is 17.5 Å². The Balaban J connectivity index is 2.14. The number of nitrogens with one attached hydrogen (secondary N) is 2. The fourth-order valence-electron chi connectivity index (χ4n) is 2.28. The Hall–Kier alpha value is -2.82.